The number of ether oxygens (including phenoxy) is 3. The molecule has 31 heavy (non-hydrogen) atoms. The fraction of sp³-hybridized carbons (Fsp3) is 0.857. The monoisotopic (exact) mass is 477 g/mol. The topological polar surface area (TPSA) is 259 Å². The summed E-state index contributed by atoms with van der Waals surface area (Å²) in [5.41, 5.74) is 0. The molecule has 5 unspecified atom stereocenters. The highest BCUT2D eigenvalue weighted by Gasteiger charge is 2.52. The van der Waals surface area contributed by atoms with Crippen molar-refractivity contribution in [3.05, 3.63) is 0 Å². The SMILES string of the molecule is CC(=O)NC1[C@H](O[C@@H]2C(C(=O)O)OC(O)[C@@H](O)C2O)OC(COS(=O)(=O)O)[C@@H](O)[C@@H]1O. The molecule has 0 bridgehead atoms. The number of aliphatic carboxylic acids is 1. The molecule has 17 heteroatoms. The lowest BCUT2D eigenvalue weighted by Crippen LogP contribution is -2.68. The molecule has 8 N–H and O–H groups in total. The van der Waals surface area contributed by atoms with E-state index >= 15 is 0 Å². The first-order chi connectivity index (χ1) is 14.2. The van der Waals surface area contributed by atoms with Crippen LogP contribution in [0.3, 0.4) is 0 Å². The zero-order valence-corrected chi connectivity index (χ0v) is 16.6. The normalized spacial score (nSPS) is 41.5. The van der Waals surface area contributed by atoms with Gasteiger partial charge >= 0.3 is 16.4 Å². The van der Waals surface area contributed by atoms with Crippen molar-refractivity contribution in [3.63, 3.8) is 0 Å². The predicted octanol–water partition coefficient (Wildman–Crippen LogP) is -5.33. The average Bonchev–Trinajstić information content (AvgIpc) is 2.65. The third-order valence-corrected chi connectivity index (χ3v) is 4.98. The number of rotatable bonds is 7. The lowest BCUT2D eigenvalue weighted by atomic mass is 9.95. The van der Waals surface area contributed by atoms with Crippen molar-refractivity contribution in [2.24, 2.45) is 0 Å². The highest BCUT2D eigenvalue weighted by Crippen LogP contribution is 2.29. The van der Waals surface area contributed by atoms with Gasteiger partial charge in [0.2, 0.25) is 5.91 Å². The Morgan fingerprint density at radius 1 is 1.00 bits per heavy atom. The van der Waals surface area contributed by atoms with Gasteiger partial charge in [-0.05, 0) is 0 Å². The van der Waals surface area contributed by atoms with E-state index < -0.39 is 90.2 Å². The van der Waals surface area contributed by atoms with E-state index in [1.807, 2.05) is 0 Å². The maximum Gasteiger partial charge on any atom is 0.397 e. The van der Waals surface area contributed by atoms with E-state index in [2.05, 4.69) is 9.50 Å². The number of carboxylic acids is 1. The van der Waals surface area contributed by atoms with Crippen LogP contribution >= 0.6 is 0 Å². The van der Waals surface area contributed by atoms with Crippen molar-refractivity contribution in [1.29, 1.82) is 0 Å². The highest BCUT2D eigenvalue weighted by molar-refractivity contribution is 7.80. The smallest absolute Gasteiger partial charge is 0.397 e. The summed E-state index contributed by atoms with van der Waals surface area (Å²) in [4.78, 5) is 22.9. The Morgan fingerprint density at radius 2 is 1.61 bits per heavy atom. The predicted molar refractivity (Wildman–Crippen MR) is 91.2 cm³/mol. The molecule has 180 valence electrons. The third-order valence-electron chi connectivity index (χ3n) is 4.55. The summed E-state index contributed by atoms with van der Waals surface area (Å²) in [6, 6.07) is -1.57. The fourth-order valence-electron chi connectivity index (χ4n) is 3.08. The second kappa shape index (κ2) is 9.96. The number of aliphatic hydroxyl groups excluding tert-OH is 5. The second-order valence-electron chi connectivity index (χ2n) is 6.83. The van der Waals surface area contributed by atoms with Crippen molar-refractivity contribution in [2.45, 2.75) is 68.3 Å². The van der Waals surface area contributed by atoms with Crippen molar-refractivity contribution in [2.75, 3.05) is 6.61 Å². The number of carbonyl (C=O) groups excluding carboxylic acids is 1. The molecule has 0 aromatic carbocycles. The van der Waals surface area contributed by atoms with Gasteiger partial charge in [0.05, 0.1) is 6.61 Å². The van der Waals surface area contributed by atoms with Crippen LogP contribution in [0.4, 0.5) is 0 Å². The minimum absolute atomic E-state index is 0.744. The molecule has 0 aromatic heterocycles. The standard InChI is InChI=1S/C14H23NO15S/c1-3(16)15-5-7(18)6(17)4(2-27-31(24,25)26)28-14(5)30-10-8(19)9(20)13(23)29-11(10)12(21)22/h4-11,13-14,17-20,23H,2H2,1H3,(H,15,16)(H,21,22)(H,24,25,26)/t4?,5?,6-,7-,8?,9+,10+,11?,13?,14+/m1/s1. The molecule has 2 aliphatic rings. The minimum atomic E-state index is -4.97. The van der Waals surface area contributed by atoms with Gasteiger partial charge < -0.3 is 50.2 Å². The molecular formula is C14H23NO15S. The van der Waals surface area contributed by atoms with Crippen LogP contribution in [0.2, 0.25) is 0 Å². The summed E-state index contributed by atoms with van der Waals surface area (Å²) < 4.78 is 49.6. The molecule has 2 saturated heterocycles. The van der Waals surface area contributed by atoms with E-state index in [0.29, 0.717) is 0 Å². The van der Waals surface area contributed by atoms with Crippen molar-refractivity contribution in [1.82, 2.24) is 5.32 Å². The molecule has 10 atom stereocenters. The van der Waals surface area contributed by atoms with Crippen LogP contribution < -0.4 is 5.32 Å². The van der Waals surface area contributed by atoms with Gasteiger partial charge in [0.15, 0.2) is 18.7 Å². The Balaban J connectivity index is 2.30. The Kier molecular flexibility index (Phi) is 8.27. The van der Waals surface area contributed by atoms with E-state index in [4.69, 9.17) is 18.8 Å². The minimum Gasteiger partial charge on any atom is -0.479 e. The first-order valence-electron chi connectivity index (χ1n) is 8.71. The zero-order valence-electron chi connectivity index (χ0n) is 15.8. The lowest BCUT2D eigenvalue weighted by Gasteiger charge is -2.46. The lowest BCUT2D eigenvalue weighted by molar-refractivity contribution is -0.335. The number of nitrogens with one attached hydrogen (secondary N) is 1. The summed E-state index contributed by atoms with van der Waals surface area (Å²) in [5, 5.41) is 61.3. The van der Waals surface area contributed by atoms with Gasteiger partial charge in [0.25, 0.3) is 0 Å². The van der Waals surface area contributed by atoms with Gasteiger partial charge in [0, 0.05) is 6.92 Å². The third kappa shape index (κ3) is 6.26. The molecule has 2 rings (SSSR count). The van der Waals surface area contributed by atoms with Crippen LogP contribution in [0.5, 0.6) is 0 Å². The molecule has 0 radical (unpaired) electrons. The summed E-state index contributed by atoms with van der Waals surface area (Å²) in [6.45, 7) is 0.0134. The van der Waals surface area contributed by atoms with Gasteiger partial charge in [-0.3, -0.25) is 9.35 Å². The highest BCUT2D eigenvalue weighted by atomic mass is 32.3. The molecular weight excluding hydrogens is 454 g/mol. The molecule has 2 aliphatic heterocycles. The Labute approximate surface area is 174 Å². The first-order valence-corrected chi connectivity index (χ1v) is 10.1. The van der Waals surface area contributed by atoms with Gasteiger partial charge in [-0.1, -0.05) is 0 Å². The van der Waals surface area contributed by atoms with Gasteiger partial charge in [0.1, 0.15) is 42.7 Å². The van der Waals surface area contributed by atoms with Crippen molar-refractivity contribution >= 4 is 22.3 Å². The summed E-state index contributed by atoms with van der Waals surface area (Å²) in [7, 11) is -4.97. The number of aliphatic hydroxyl groups is 5. The van der Waals surface area contributed by atoms with Crippen LogP contribution in [0.25, 0.3) is 0 Å². The van der Waals surface area contributed by atoms with Crippen molar-refractivity contribution in [3.8, 4) is 0 Å². The number of hydrogen-bond acceptors (Lipinski definition) is 13. The summed E-state index contributed by atoms with van der Waals surface area (Å²) in [5.74, 6) is -2.46. The van der Waals surface area contributed by atoms with Crippen LogP contribution in [0, 0.1) is 0 Å². The molecule has 16 nitrogen and oxygen atoms in total. The molecule has 0 saturated carbocycles. The molecule has 2 heterocycles. The van der Waals surface area contributed by atoms with Crippen LogP contribution in [0.15, 0.2) is 0 Å². The maximum atomic E-state index is 11.5. The molecule has 1 amide bonds. The molecule has 0 spiro atoms. The largest absolute Gasteiger partial charge is 0.479 e. The Hall–Kier alpha value is -1.51. The number of amides is 1. The van der Waals surface area contributed by atoms with Gasteiger partial charge in [-0.25, -0.2) is 8.98 Å². The number of carbonyl (C=O) groups is 2. The molecule has 0 aliphatic carbocycles. The van der Waals surface area contributed by atoms with E-state index in [1.54, 1.807) is 0 Å². The second-order valence-corrected chi connectivity index (χ2v) is 7.92. The number of carboxylic acid groups (broad SMARTS) is 1. The van der Waals surface area contributed by atoms with E-state index in [1.165, 1.54) is 0 Å². The van der Waals surface area contributed by atoms with Crippen LogP contribution in [-0.4, -0.2) is 123 Å². The van der Waals surface area contributed by atoms with Crippen molar-refractivity contribution < 1.29 is 71.6 Å². The average molecular weight is 477 g/mol. The molecule has 2 fully saturated rings. The van der Waals surface area contributed by atoms with Gasteiger partial charge in [-0.2, -0.15) is 8.42 Å². The number of hydrogen-bond donors (Lipinski definition) is 8. The zero-order chi connectivity index (χ0) is 23.7. The maximum absolute atomic E-state index is 11.5. The van der Waals surface area contributed by atoms with Crippen LogP contribution in [-0.2, 0) is 38.4 Å². The fourth-order valence-corrected chi connectivity index (χ4v) is 3.39. The van der Waals surface area contributed by atoms with Gasteiger partial charge in [-0.15, -0.1) is 0 Å². The van der Waals surface area contributed by atoms with E-state index in [-0.39, 0.29) is 0 Å². The van der Waals surface area contributed by atoms with Crippen LogP contribution in [0.1, 0.15) is 6.92 Å². The molecule has 0 aromatic rings. The van der Waals surface area contributed by atoms with E-state index in [0.717, 1.165) is 6.92 Å². The summed E-state index contributed by atoms with van der Waals surface area (Å²) in [6.07, 6.45) is -17.3. The van der Waals surface area contributed by atoms with E-state index in [9.17, 15) is 48.6 Å². The Bertz CT molecular complexity index is 761. The quantitative estimate of drug-likeness (QED) is 0.159. The first kappa shape index (κ1) is 25.7. The Morgan fingerprint density at radius 3 is 2.13 bits per heavy atom. The summed E-state index contributed by atoms with van der Waals surface area (Å²) >= 11 is 0.